The average molecular weight is 361 g/mol. The van der Waals surface area contributed by atoms with Crippen LogP contribution in [0.25, 0.3) is 0 Å². The van der Waals surface area contributed by atoms with Crippen LogP contribution in [0.2, 0.25) is 0 Å². The number of benzene rings is 2. The van der Waals surface area contributed by atoms with Gasteiger partial charge in [-0.1, -0.05) is 60.7 Å². The Hall–Kier alpha value is -3.21. The second-order valence-corrected chi connectivity index (χ2v) is 6.61. The van der Waals surface area contributed by atoms with Crippen molar-refractivity contribution in [2.75, 3.05) is 0 Å². The van der Waals surface area contributed by atoms with E-state index >= 15 is 0 Å². The van der Waals surface area contributed by atoms with Gasteiger partial charge in [0.05, 0.1) is 12.4 Å². The molecule has 1 amide bonds. The molecule has 1 aromatic heterocycles. The summed E-state index contributed by atoms with van der Waals surface area (Å²) >= 11 is 0. The van der Waals surface area contributed by atoms with Crippen LogP contribution in [0.3, 0.4) is 0 Å². The van der Waals surface area contributed by atoms with Crippen molar-refractivity contribution in [1.82, 2.24) is 15.3 Å². The number of hydrogen-bond donors (Lipinski definition) is 2. The highest BCUT2D eigenvalue weighted by Crippen LogP contribution is 2.16. The Labute approximate surface area is 158 Å². The number of nitrogens with zero attached hydrogens (tertiary/aromatic N) is 1. The van der Waals surface area contributed by atoms with E-state index in [1.807, 2.05) is 60.7 Å². The number of amides is 1. The number of carbonyl (C=O) groups excluding carboxylic acids is 2. The van der Waals surface area contributed by atoms with Crippen LogP contribution < -0.4 is 5.32 Å². The highest BCUT2D eigenvalue weighted by atomic mass is 16.2. The molecule has 0 saturated heterocycles. The molecule has 3 rings (SSSR count). The fraction of sp³-hybridized carbons (Fsp3) is 0.227. The molecule has 0 radical (unpaired) electrons. The largest absolute Gasteiger partial charge is 0.348 e. The van der Waals surface area contributed by atoms with Crippen molar-refractivity contribution >= 4 is 12.2 Å². The molecule has 0 aliphatic heterocycles. The fourth-order valence-corrected chi connectivity index (χ4v) is 3.12. The zero-order chi connectivity index (χ0) is 18.9. The van der Waals surface area contributed by atoms with Crippen LogP contribution in [0.5, 0.6) is 0 Å². The van der Waals surface area contributed by atoms with Crippen LogP contribution in [0, 0.1) is 5.92 Å². The van der Waals surface area contributed by atoms with Crippen LogP contribution in [0.4, 0.5) is 0 Å². The molecule has 2 N–H and O–H groups in total. The molecule has 27 heavy (non-hydrogen) atoms. The van der Waals surface area contributed by atoms with Crippen LogP contribution in [-0.2, 0) is 28.9 Å². The van der Waals surface area contributed by atoms with Crippen molar-refractivity contribution in [3.05, 3.63) is 90.0 Å². The molecule has 0 saturated carbocycles. The van der Waals surface area contributed by atoms with Gasteiger partial charge in [0.2, 0.25) is 5.91 Å². The Kier molecular flexibility index (Phi) is 6.52. The lowest BCUT2D eigenvalue weighted by molar-refractivity contribution is -0.127. The first-order valence-electron chi connectivity index (χ1n) is 9.05. The first kappa shape index (κ1) is 18.6. The molecule has 0 unspecified atom stereocenters. The highest BCUT2D eigenvalue weighted by molar-refractivity contribution is 5.82. The number of carbonyl (C=O) groups is 2. The van der Waals surface area contributed by atoms with Crippen molar-refractivity contribution in [1.29, 1.82) is 0 Å². The predicted octanol–water partition coefficient (Wildman–Crippen LogP) is 2.74. The molecule has 0 aliphatic rings. The Balaban J connectivity index is 1.71. The van der Waals surface area contributed by atoms with Gasteiger partial charge < -0.3 is 15.1 Å². The first-order chi connectivity index (χ1) is 13.2. The zero-order valence-corrected chi connectivity index (χ0v) is 15.0. The molecule has 0 bridgehead atoms. The van der Waals surface area contributed by atoms with Gasteiger partial charge in [0.25, 0.3) is 0 Å². The lowest BCUT2D eigenvalue weighted by atomic mass is 9.91. The second-order valence-electron chi connectivity index (χ2n) is 6.61. The number of imidazole rings is 1. The van der Waals surface area contributed by atoms with Crippen molar-refractivity contribution < 1.29 is 9.59 Å². The van der Waals surface area contributed by atoms with Gasteiger partial charge in [0.15, 0.2) is 0 Å². The third-order valence-electron chi connectivity index (χ3n) is 4.51. The third-order valence-corrected chi connectivity index (χ3v) is 4.51. The summed E-state index contributed by atoms with van der Waals surface area (Å²) in [5.41, 5.74) is 3.02. The first-order valence-corrected chi connectivity index (χ1v) is 9.05. The van der Waals surface area contributed by atoms with Gasteiger partial charge in [-0.15, -0.1) is 0 Å². The summed E-state index contributed by atoms with van der Waals surface area (Å²) in [5, 5.41) is 2.89. The van der Waals surface area contributed by atoms with E-state index < -0.39 is 6.04 Å². The molecular weight excluding hydrogens is 338 g/mol. The minimum absolute atomic E-state index is 0.112. The SMILES string of the molecule is O=C[C@H](Cc1cnc[nH]1)NC(=O)C(Cc1ccccc1)Cc1ccccc1. The molecule has 5 nitrogen and oxygen atoms in total. The number of aromatic amines is 1. The van der Waals surface area contributed by atoms with E-state index in [4.69, 9.17) is 0 Å². The summed E-state index contributed by atoms with van der Waals surface area (Å²) in [5.74, 6) is -0.363. The van der Waals surface area contributed by atoms with Crippen LogP contribution in [0.15, 0.2) is 73.2 Å². The van der Waals surface area contributed by atoms with E-state index in [-0.39, 0.29) is 11.8 Å². The van der Waals surface area contributed by atoms with E-state index in [2.05, 4.69) is 15.3 Å². The minimum atomic E-state index is -0.577. The van der Waals surface area contributed by atoms with Gasteiger partial charge in [-0.2, -0.15) is 0 Å². The molecule has 2 aromatic carbocycles. The van der Waals surface area contributed by atoms with Gasteiger partial charge in [-0.25, -0.2) is 4.98 Å². The second kappa shape index (κ2) is 9.48. The standard InChI is InChI=1S/C22H23N3O2/c26-15-21(13-20-14-23-16-24-20)25-22(27)19(11-17-7-3-1-4-8-17)12-18-9-5-2-6-10-18/h1-10,14-16,19,21H,11-13H2,(H,23,24)(H,25,27)/t21-/m0/s1. The summed E-state index contributed by atoms with van der Waals surface area (Å²) in [6.07, 6.45) is 5.65. The van der Waals surface area contributed by atoms with Crippen LogP contribution in [-0.4, -0.2) is 28.2 Å². The maximum atomic E-state index is 13.0. The van der Waals surface area contributed by atoms with Gasteiger partial charge in [-0.05, 0) is 24.0 Å². The van der Waals surface area contributed by atoms with Crippen LogP contribution >= 0.6 is 0 Å². The number of aromatic nitrogens is 2. The lowest BCUT2D eigenvalue weighted by Crippen LogP contribution is -2.42. The van der Waals surface area contributed by atoms with E-state index in [1.54, 1.807) is 12.5 Å². The maximum absolute atomic E-state index is 13.0. The molecule has 3 aromatic rings. The lowest BCUT2D eigenvalue weighted by Gasteiger charge is -2.20. The van der Waals surface area contributed by atoms with Crippen molar-refractivity contribution in [2.24, 2.45) is 5.92 Å². The number of aldehydes is 1. The smallest absolute Gasteiger partial charge is 0.224 e. The number of nitrogens with one attached hydrogen (secondary N) is 2. The van der Waals surface area contributed by atoms with Crippen molar-refractivity contribution in [2.45, 2.75) is 25.3 Å². The highest BCUT2D eigenvalue weighted by Gasteiger charge is 2.22. The summed E-state index contributed by atoms with van der Waals surface area (Å²) in [6.45, 7) is 0. The van der Waals surface area contributed by atoms with Crippen molar-refractivity contribution in [3.8, 4) is 0 Å². The summed E-state index contributed by atoms with van der Waals surface area (Å²) in [7, 11) is 0. The van der Waals surface area contributed by atoms with Gasteiger partial charge in [-0.3, -0.25) is 4.79 Å². The number of hydrogen-bond acceptors (Lipinski definition) is 3. The quantitative estimate of drug-likeness (QED) is 0.576. The number of H-pyrrole nitrogens is 1. The van der Waals surface area contributed by atoms with Gasteiger partial charge in [0.1, 0.15) is 6.29 Å². The predicted molar refractivity (Wildman–Crippen MR) is 104 cm³/mol. The molecule has 1 heterocycles. The van der Waals surface area contributed by atoms with E-state index in [0.717, 1.165) is 23.1 Å². The third kappa shape index (κ3) is 5.64. The van der Waals surface area contributed by atoms with Gasteiger partial charge >= 0.3 is 0 Å². The normalized spacial score (nSPS) is 11.9. The van der Waals surface area contributed by atoms with Crippen molar-refractivity contribution in [3.63, 3.8) is 0 Å². The average Bonchev–Trinajstić information content (AvgIpc) is 3.21. The van der Waals surface area contributed by atoms with E-state index in [9.17, 15) is 9.59 Å². The Bertz CT molecular complexity index is 791. The Morgan fingerprint density at radius 1 is 0.963 bits per heavy atom. The van der Waals surface area contributed by atoms with Gasteiger partial charge in [0, 0.05) is 24.2 Å². The van der Waals surface area contributed by atoms with Crippen LogP contribution in [0.1, 0.15) is 16.8 Å². The molecule has 138 valence electrons. The molecule has 1 atom stereocenters. The van der Waals surface area contributed by atoms with E-state index in [0.29, 0.717) is 19.3 Å². The van der Waals surface area contributed by atoms with E-state index in [1.165, 1.54) is 0 Å². The summed E-state index contributed by atoms with van der Waals surface area (Å²) < 4.78 is 0. The minimum Gasteiger partial charge on any atom is -0.348 e. The fourth-order valence-electron chi connectivity index (χ4n) is 3.12. The number of rotatable bonds is 9. The Morgan fingerprint density at radius 2 is 1.56 bits per heavy atom. The monoisotopic (exact) mass is 361 g/mol. The summed E-state index contributed by atoms with van der Waals surface area (Å²) in [6, 6.07) is 19.3. The molecule has 0 aliphatic carbocycles. The summed E-state index contributed by atoms with van der Waals surface area (Å²) in [4.78, 5) is 31.3. The molecule has 0 fully saturated rings. The molecule has 5 heteroatoms. The molecular formula is C22H23N3O2. The molecule has 0 spiro atoms. The zero-order valence-electron chi connectivity index (χ0n) is 15.0. The maximum Gasteiger partial charge on any atom is 0.224 e. The topological polar surface area (TPSA) is 74.8 Å². The Morgan fingerprint density at radius 3 is 2.04 bits per heavy atom.